The van der Waals surface area contributed by atoms with Gasteiger partial charge in [0.05, 0.1) is 10.7 Å². The molecule has 4 nitrogen and oxygen atoms in total. The first kappa shape index (κ1) is 21.7. The van der Waals surface area contributed by atoms with Crippen molar-refractivity contribution in [2.45, 2.75) is 45.6 Å². The molecule has 1 aliphatic carbocycles. The van der Waals surface area contributed by atoms with E-state index in [1.807, 2.05) is 42.2 Å². The number of thiazole rings is 1. The Morgan fingerprint density at radius 1 is 1.16 bits per heavy atom. The summed E-state index contributed by atoms with van der Waals surface area (Å²) in [6.07, 6.45) is 1.87. The average molecular weight is 434 g/mol. The fourth-order valence-corrected chi connectivity index (χ4v) is 4.70. The quantitative estimate of drug-likeness (QED) is 0.501. The first-order valence-corrected chi connectivity index (χ1v) is 12.0. The van der Waals surface area contributed by atoms with E-state index in [0.717, 1.165) is 34.8 Å². The molecule has 1 saturated carbocycles. The van der Waals surface area contributed by atoms with Crippen LogP contribution in [0.4, 0.5) is 5.69 Å². The van der Waals surface area contributed by atoms with Crippen molar-refractivity contribution in [2.75, 3.05) is 11.4 Å². The molecule has 0 bridgehead atoms. The Balaban J connectivity index is 1.56. The summed E-state index contributed by atoms with van der Waals surface area (Å²) in [6, 6.07) is 18.5. The van der Waals surface area contributed by atoms with Crippen molar-refractivity contribution in [3.63, 3.8) is 0 Å². The van der Waals surface area contributed by atoms with Crippen LogP contribution in [-0.4, -0.2) is 23.5 Å². The number of anilines is 1. The third-order valence-corrected chi connectivity index (χ3v) is 7.24. The SMILES string of the molecule is CC[C@H](C)[C@H](N)CN(C(=O)[C@@H]1C[C@H]1c1csc(C)n1)c1ccc(-c2ccccc2)cc1. The Morgan fingerprint density at radius 3 is 2.45 bits per heavy atom. The lowest BCUT2D eigenvalue weighted by Gasteiger charge is -2.29. The number of carbonyl (C=O) groups is 1. The van der Waals surface area contributed by atoms with Gasteiger partial charge in [0.2, 0.25) is 5.91 Å². The second-order valence-electron chi connectivity index (χ2n) is 8.65. The third kappa shape index (κ3) is 4.89. The Kier molecular flexibility index (Phi) is 6.54. The van der Waals surface area contributed by atoms with Crippen molar-refractivity contribution >= 4 is 22.9 Å². The van der Waals surface area contributed by atoms with Crippen LogP contribution >= 0.6 is 11.3 Å². The highest BCUT2D eigenvalue weighted by atomic mass is 32.1. The Morgan fingerprint density at radius 2 is 1.84 bits per heavy atom. The van der Waals surface area contributed by atoms with Gasteiger partial charge in [0.1, 0.15) is 0 Å². The van der Waals surface area contributed by atoms with Crippen LogP contribution in [-0.2, 0) is 4.79 Å². The zero-order chi connectivity index (χ0) is 22.0. The number of aryl methyl sites for hydroxylation is 1. The van der Waals surface area contributed by atoms with Crippen LogP contribution < -0.4 is 10.6 Å². The summed E-state index contributed by atoms with van der Waals surface area (Å²) in [7, 11) is 0. The first-order chi connectivity index (χ1) is 15.0. The van der Waals surface area contributed by atoms with Gasteiger partial charge in [0.25, 0.3) is 0 Å². The number of aromatic nitrogens is 1. The second-order valence-corrected chi connectivity index (χ2v) is 9.71. The molecule has 0 radical (unpaired) electrons. The molecule has 0 aliphatic heterocycles. The molecule has 0 spiro atoms. The molecule has 3 aromatic rings. The normalized spacial score (nSPS) is 19.6. The monoisotopic (exact) mass is 433 g/mol. The molecule has 2 aromatic carbocycles. The van der Waals surface area contributed by atoms with Gasteiger partial charge >= 0.3 is 0 Å². The third-order valence-electron chi connectivity index (χ3n) is 6.44. The second kappa shape index (κ2) is 9.33. The summed E-state index contributed by atoms with van der Waals surface area (Å²) in [5, 5.41) is 3.15. The molecule has 1 amide bonds. The molecule has 1 fully saturated rings. The predicted octanol–water partition coefficient (Wildman–Crippen LogP) is 5.63. The lowest BCUT2D eigenvalue weighted by Crippen LogP contribution is -2.45. The Hall–Kier alpha value is -2.50. The van der Waals surface area contributed by atoms with E-state index >= 15 is 0 Å². The van der Waals surface area contributed by atoms with Crippen molar-refractivity contribution in [1.82, 2.24) is 4.98 Å². The maximum absolute atomic E-state index is 13.5. The molecular weight excluding hydrogens is 402 g/mol. The van der Waals surface area contributed by atoms with Gasteiger partial charge in [0.15, 0.2) is 0 Å². The zero-order valence-electron chi connectivity index (χ0n) is 18.5. The zero-order valence-corrected chi connectivity index (χ0v) is 19.3. The number of hydrogen-bond acceptors (Lipinski definition) is 4. The fraction of sp³-hybridized carbons (Fsp3) is 0.385. The number of rotatable bonds is 8. The predicted molar refractivity (Wildman–Crippen MR) is 129 cm³/mol. The van der Waals surface area contributed by atoms with Crippen LogP contribution in [0.15, 0.2) is 60.0 Å². The molecule has 2 N–H and O–H groups in total. The first-order valence-electron chi connectivity index (χ1n) is 11.1. The van der Waals surface area contributed by atoms with E-state index in [1.54, 1.807) is 11.3 Å². The topological polar surface area (TPSA) is 59.2 Å². The number of amides is 1. The van der Waals surface area contributed by atoms with E-state index in [1.165, 1.54) is 5.56 Å². The lowest BCUT2D eigenvalue weighted by molar-refractivity contribution is -0.120. The van der Waals surface area contributed by atoms with Gasteiger partial charge in [-0.2, -0.15) is 0 Å². The van der Waals surface area contributed by atoms with Gasteiger partial charge in [-0.05, 0) is 42.5 Å². The molecule has 1 aliphatic rings. The molecule has 1 heterocycles. The van der Waals surface area contributed by atoms with Gasteiger partial charge in [-0.3, -0.25) is 4.79 Å². The van der Waals surface area contributed by atoms with Gasteiger partial charge in [0, 0.05) is 35.5 Å². The molecule has 1 aromatic heterocycles. The van der Waals surface area contributed by atoms with E-state index < -0.39 is 0 Å². The van der Waals surface area contributed by atoms with Crippen molar-refractivity contribution in [3.05, 3.63) is 70.7 Å². The molecule has 4 rings (SSSR count). The molecular formula is C26H31N3OS. The van der Waals surface area contributed by atoms with Crippen molar-refractivity contribution in [3.8, 4) is 11.1 Å². The highest BCUT2D eigenvalue weighted by Crippen LogP contribution is 2.49. The molecule has 162 valence electrons. The summed E-state index contributed by atoms with van der Waals surface area (Å²) in [5.74, 6) is 0.764. The molecule has 4 atom stereocenters. The van der Waals surface area contributed by atoms with Gasteiger partial charge in [-0.1, -0.05) is 62.7 Å². The van der Waals surface area contributed by atoms with Crippen molar-refractivity contribution < 1.29 is 4.79 Å². The van der Waals surface area contributed by atoms with E-state index in [2.05, 4.69) is 48.5 Å². The van der Waals surface area contributed by atoms with E-state index in [-0.39, 0.29) is 23.8 Å². The Bertz CT molecular complexity index is 1010. The van der Waals surface area contributed by atoms with Gasteiger partial charge < -0.3 is 10.6 Å². The number of benzene rings is 2. The van der Waals surface area contributed by atoms with Crippen LogP contribution in [0.25, 0.3) is 11.1 Å². The lowest BCUT2D eigenvalue weighted by atomic mass is 9.99. The average Bonchev–Trinajstić information content (AvgIpc) is 3.50. The van der Waals surface area contributed by atoms with Crippen molar-refractivity contribution in [2.24, 2.45) is 17.6 Å². The minimum atomic E-state index is -0.0542. The summed E-state index contributed by atoms with van der Waals surface area (Å²) in [6.45, 7) is 6.85. The van der Waals surface area contributed by atoms with Gasteiger partial charge in [-0.15, -0.1) is 11.3 Å². The highest BCUT2D eigenvalue weighted by Gasteiger charge is 2.47. The highest BCUT2D eigenvalue weighted by molar-refractivity contribution is 7.09. The number of nitrogens with two attached hydrogens (primary N) is 1. The van der Waals surface area contributed by atoms with Crippen LogP contribution in [0, 0.1) is 18.8 Å². The molecule has 5 heteroatoms. The maximum Gasteiger partial charge on any atom is 0.230 e. The van der Waals surface area contributed by atoms with E-state index in [0.29, 0.717) is 12.5 Å². The number of nitrogens with zero attached hydrogens (tertiary/aromatic N) is 2. The van der Waals surface area contributed by atoms with Crippen LogP contribution in [0.1, 0.15) is 43.3 Å². The summed E-state index contributed by atoms with van der Waals surface area (Å²) < 4.78 is 0. The van der Waals surface area contributed by atoms with Gasteiger partial charge in [-0.25, -0.2) is 4.98 Å². The van der Waals surface area contributed by atoms with Crippen molar-refractivity contribution in [1.29, 1.82) is 0 Å². The fourth-order valence-electron chi connectivity index (χ4n) is 4.03. The number of carbonyl (C=O) groups excluding carboxylic acids is 1. The smallest absolute Gasteiger partial charge is 0.230 e. The van der Waals surface area contributed by atoms with Crippen LogP contribution in [0.2, 0.25) is 0 Å². The molecule has 31 heavy (non-hydrogen) atoms. The Labute approximate surface area is 189 Å². The maximum atomic E-state index is 13.5. The number of hydrogen-bond donors (Lipinski definition) is 1. The minimum absolute atomic E-state index is 0.000525. The molecule has 0 unspecified atom stereocenters. The minimum Gasteiger partial charge on any atom is -0.326 e. The van der Waals surface area contributed by atoms with Crippen LogP contribution in [0.5, 0.6) is 0 Å². The summed E-state index contributed by atoms with van der Waals surface area (Å²) in [4.78, 5) is 20.1. The van der Waals surface area contributed by atoms with E-state index in [9.17, 15) is 4.79 Å². The summed E-state index contributed by atoms with van der Waals surface area (Å²) >= 11 is 1.65. The van der Waals surface area contributed by atoms with E-state index in [4.69, 9.17) is 5.73 Å². The molecule has 0 saturated heterocycles. The standard InChI is InChI=1S/C26H31N3OS/c1-4-17(2)24(27)15-29(26(30)23-14-22(23)25-16-31-18(3)28-25)21-12-10-20(11-13-21)19-8-6-5-7-9-19/h5-13,16-17,22-24H,4,14-15,27H2,1-3H3/t17-,22+,23+,24+/m0/s1. The summed E-state index contributed by atoms with van der Waals surface area (Å²) in [5.41, 5.74) is 10.8. The van der Waals surface area contributed by atoms with Crippen LogP contribution in [0.3, 0.4) is 0 Å². The largest absolute Gasteiger partial charge is 0.326 e.